The van der Waals surface area contributed by atoms with Gasteiger partial charge in [-0.15, -0.1) is 0 Å². The van der Waals surface area contributed by atoms with Gasteiger partial charge in [0.2, 0.25) is 0 Å². The van der Waals surface area contributed by atoms with Gasteiger partial charge in [0, 0.05) is 30.2 Å². The van der Waals surface area contributed by atoms with Crippen LogP contribution in [0.25, 0.3) is 5.69 Å². The van der Waals surface area contributed by atoms with Crippen molar-refractivity contribution in [3.05, 3.63) is 53.3 Å². The molecule has 3 rings (SSSR count). The first-order valence-corrected chi connectivity index (χ1v) is 9.67. The Hall–Kier alpha value is -2.60. The Balaban J connectivity index is 1.65. The van der Waals surface area contributed by atoms with E-state index in [1.807, 2.05) is 39.8 Å². The number of aromatic nitrogens is 1. The fourth-order valence-corrected chi connectivity index (χ4v) is 3.72. The van der Waals surface area contributed by atoms with Crippen molar-refractivity contribution in [2.75, 3.05) is 13.1 Å². The molecule has 0 N–H and O–H groups in total. The van der Waals surface area contributed by atoms with Gasteiger partial charge >= 0.3 is 5.97 Å². The number of benzene rings is 1. The Bertz CT molecular complexity index is 826. The van der Waals surface area contributed by atoms with Crippen molar-refractivity contribution in [2.24, 2.45) is 0 Å². The average Bonchev–Trinajstić information content (AvgIpc) is 2.98. The minimum atomic E-state index is -0.835. The summed E-state index contributed by atoms with van der Waals surface area (Å²) in [6, 6.07) is 11.3. The summed E-state index contributed by atoms with van der Waals surface area (Å²) >= 11 is 0. The van der Waals surface area contributed by atoms with E-state index in [0.717, 1.165) is 17.1 Å². The summed E-state index contributed by atoms with van der Waals surface area (Å²) in [6.45, 7) is 10.6. The Morgan fingerprint density at radius 3 is 2.07 bits per heavy atom. The van der Waals surface area contributed by atoms with Crippen LogP contribution in [0.3, 0.4) is 0 Å². The molecule has 0 radical (unpaired) electrons. The monoisotopic (exact) mass is 384 g/mol. The first kappa shape index (κ1) is 20.1. The molecule has 1 aliphatic rings. The molecule has 0 unspecified atom stereocenters. The highest BCUT2D eigenvalue weighted by Gasteiger charge is 2.30. The average molecular weight is 384 g/mol. The van der Waals surface area contributed by atoms with E-state index in [9.17, 15) is 9.59 Å². The number of amides is 1. The van der Waals surface area contributed by atoms with Gasteiger partial charge in [0.1, 0.15) is 0 Å². The third-order valence-corrected chi connectivity index (χ3v) is 5.00. The summed E-state index contributed by atoms with van der Waals surface area (Å²) in [5.74, 6) is -0.687. The van der Waals surface area contributed by atoms with Gasteiger partial charge in [0.25, 0.3) is 5.91 Å². The van der Waals surface area contributed by atoms with Crippen LogP contribution in [0.1, 0.15) is 42.5 Å². The second-order valence-corrected chi connectivity index (χ2v) is 7.55. The molecule has 0 bridgehead atoms. The first-order valence-electron chi connectivity index (χ1n) is 9.67. The normalized spacial score (nSPS) is 20.7. The van der Waals surface area contributed by atoms with Crippen LogP contribution in [-0.4, -0.2) is 52.7 Å². The quantitative estimate of drug-likeness (QED) is 0.759. The zero-order valence-corrected chi connectivity index (χ0v) is 17.1. The molecule has 1 saturated heterocycles. The Labute approximate surface area is 166 Å². The van der Waals surface area contributed by atoms with Crippen LogP contribution in [0.5, 0.6) is 0 Å². The van der Waals surface area contributed by atoms with Crippen molar-refractivity contribution in [3.63, 3.8) is 0 Å². The van der Waals surface area contributed by atoms with Gasteiger partial charge < -0.3 is 18.9 Å². The number of aryl methyl sites for hydroxylation is 2. The highest BCUT2D eigenvalue weighted by atomic mass is 16.5. The molecule has 1 amide bonds. The van der Waals surface area contributed by atoms with Crippen molar-refractivity contribution in [2.45, 2.75) is 52.9 Å². The van der Waals surface area contributed by atoms with E-state index in [4.69, 9.17) is 9.47 Å². The third-order valence-electron chi connectivity index (χ3n) is 5.00. The molecule has 6 heteroatoms. The number of nitrogens with zero attached hydrogens (tertiary/aromatic N) is 2. The van der Waals surface area contributed by atoms with Crippen LogP contribution in [0.2, 0.25) is 0 Å². The molecule has 2 aromatic rings. The Morgan fingerprint density at radius 1 is 1.00 bits per heavy atom. The smallest absolute Gasteiger partial charge is 0.338 e. The Morgan fingerprint density at radius 2 is 1.54 bits per heavy atom. The summed E-state index contributed by atoms with van der Waals surface area (Å²) in [4.78, 5) is 26.8. The molecule has 150 valence electrons. The fourth-order valence-electron chi connectivity index (χ4n) is 3.72. The molecule has 0 spiro atoms. The van der Waals surface area contributed by atoms with Gasteiger partial charge in [-0.3, -0.25) is 4.79 Å². The highest BCUT2D eigenvalue weighted by Crippen LogP contribution is 2.18. The minimum Gasteiger partial charge on any atom is -0.449 e. The molecule has 1 aliphatic heterocycles. The molecule has 1 aromatic heterocycles. The molecule has 1 aromatic carbocycles. The van der Waals surface area contributed by atoms with E-state index in [-0.39, 0.29) is 18.1 Å². The number of esters is 1. The van der Waals surface area contributed by atoms with E-state index in [1.165, 1.54) is 0 Å². The molecule has 28 heavy (non-hydrogen) atoms. The zero-order chi connectivity index (χ0) is 20.4. The number of hydrogen-bond acceptors (Lipinski definition) is 4. The molecule has 3 atom stereocenters. The second kappa shape index (κ2) is 8.19. The van der Waals surface area contributed by atoms with Gasteiger partial charge in [-0.1, -0.05) is 0 Å². The topological polar surface area (TPSA) is 60.8 Å². The number of hydrogen-bond donors (Lipinski definition) is 0. The minimum absolute atomic E-state index is 0.0243. The van der Waals surface area contributed by atoms with Crippen molar-refractivity contribution < 1.29 is 19.1 Å². The predicted molar refractivity (Wildman–Crippen MR) is 107 cm³/mol. The second-order valence-electron chi connectivity index (χ2n) is 7.55. The lowest BCUT2D eigenvalue weighted by Crippen LogP contribution is -2.51. The number of rotatable bonds is 4. The molecule has 0 aliphatic carbocycles. The largest absolute Gasteiger partial charge is 0.449 e. The standard InChI is InChI=1S/C22H28N2O4/c1-14-6-7-15(2)24(14)20-10-8-19(9-11-20)22(26)28-18(5)21(25)23-12-16(3)27-17(4)13-23/h6-11,16-18H,12-13H2,1-5H3/t16-,17-,18+/m0/s1. The van der Waals surface area contributed by atoms with Crippen molar-refractivity contribution >= 4 is 11.9 Å². The zero-order valence-electron chi connectivity index (χ0n) is 17.1. The SMILES string of the molecule is Cc1ccc(C)n1-c1ccc(C(=O)O[C@H](C)C(=O)N2C[C@H](C)O[C@@H](C)C2)cc1. The van der Waals surface area contributed by atoms with Crippen molar-refractivity contribution in [1.82, 2.24) is 9.47 Å². The molecule has 2 heterocycles. The van der Waals surface area contributed by atoms with E-state index in [0.29, 0.717) is 18.7 Å². The maximum atomic E-state index is 12.6. The van der Waals surface area contributed by atoms with Crippen LogP contribution in [0.4, 0.5) is 0 Å². The highest BCUT2D eigenvalue weighted by molar-refractivity contribution is 5.92. The van der Waals surface area contributed by atoms with Gasteiger partial charge in [-0.05, 0) is 71.0 Å². The Kier molecular flexibility index (Phi) is 5.89. The van der Waals surface area contributed by atoms with Crippen molar-refractivity contribution in [3.8, 4) is 5.69 Å². The number of carbonyl (C=O) groups is 2. The summed E-state index contributed by atoms with van der Waals surface area (Å²) in [6.07, 6.45) is -0.883. The fraction of sp³-hybridized carbons (Fsp3) is 0.455. The summed E-state index contributed by atoms with van der Waals surface area (Å²) < 4.78 is 13.2. The van der Waals surface area contributed by atoms with Gasteiger partial charge in [-0.2, -0.15) is 0 Å². The lowest BCUT2D eigenvalue weighted by molar-refractivity contribution is -0.151. The van der Waals surface area contributed by atoms with Crippen LogP contribution < -0.4 is 0 Å². The maximum absolute atomic E-state index is 12.6. The van der Waals surface area contributed by atoms with Crippen LogP contribution in [-0.2, 0) is 14.3 Å². The summed E-state index contributed by atoms with van der Waals surface area (Å²) in [7, 11) is 0. The first-order chi connectivity index (χ1) is 13.3. The molecule has 1 fully saturated rings. The summed E-state index contributed by atoms with van der Waals surface area (Å²) in [5, 5.41) is 0. The maximum Gasteiger partial charge on any atom is 0.338 e. The lowest BCUT2D eigenvalue weighted by Gasteiger charge is -2.36. The van der Waals surface area contributed by atoms with Crippen LogP contribution in [0.15, 0.2) is 36.4 Å². The number of morpholine rings is 1. The van der Waals surface area contributed by atoms with Gasteiger partial charge in [-0.25, -0.2) is 4.79 Å². The molecule has 0 saturated carbocycles. The molecule has 6 nitrogen and oxygen atoms in total. The van der Waals surface area contributed by atoms with E-state index in [1.54, 1.807) is 24.0 Å². The van der Waals surface area contributed by atoms with Gasteiger partial charge in [0.05, 0.1) is 17.8 Å². The van der Waals surface area contributed by atoms with Crippen LogP contribution in [0, 0.1) is 13.8 Å². The number of ether oxygens (including phenoxy) is 2. The number of carbonyl (C=O) groups excluding carboxylic acids is 2. The third kappa shape index (κ3) is 4.28. The van der Waals surface area contributed by atoms with E-state index in [2.05, 4.69) is 16.7 Å². The van der Waals surface area contributed by atoms with Gasteiger partial charge in [0.15, 0.2) is 6.10 Å². The molecular weight excluding hydrogens is 356 g/mol. The summed E-state index contributed by atoms with van der Waals surface area (Å²) in [5.41, 5.74) is 3.66. The lowest BCUT2D eigenvalue weighted by atomic mass is 10.2. The molecular formula is C22H28N2O4. The van der Waals surface area contributed by atoms with Crippen LogP contribution >= 0.6 is 0 Å². The van der Waals surface area contributed by atoms with E-state index >= 15 is 0 Å². The predicted octanol–water partition coefficient (Wildman–Crippen LogP) is 3.28. The van der Waals surface area contributed by atoms with Crippen molar-refractivity contribution in [1.29, 1.82) is 0 Å². The van der Waals surface area contributed by atoms with E-state index < -0.39 is 12.1 Å².